The maximum absolute atomic E-state index is 14.1. The summed E-state index contributed by atoms with van der Waals surface area (Å²) in [6, 6.07) is 3.72. The first-order valence-electron chi connectivity index (χ1n) is 6.12. The predicted molar refractivity (Wildman–Crippen MR) is 71.5 cm³/mol. The van der Waals surface area contributed by atoms with Gasteiger partial charge >= 0.3 is 5.92 Å². The molecule has 0 aromatic heterocycles. The normalized spacial score (nSPS) is 17.9. The average molecular weight is 343 g/mol. The van der Waals surface area contributed by atoms with Crippen LogP contribution in [0.25, 0.3) is 0 Å². The zero-order valence-electron chi connectivity index (χ0n) is 11.4. The number of rotatable bonds is 7. The summed E-state index contributed by atoms with van der Waals surface area (Å²) in [7, 11) is 0. The van der Waals surface area contributed by atoms with Gasteiger partial charge in [-0.1, -0.05) is 18.2 Å². The van der Waals surface area contributed by atoms with Gasteiger partial charge in [-0.25, -0.2) is 13.2 Å². The molecule has 1 rings (SSSR count). The van der Waals surface area contributed by atoms with Crippen molar-refractivity contribution in [2.75, 3.05) is 0 Å². The van der Waals surface area contributed by atoms with Crippen molar-refractivity contribution >= 4 is 17.6 Å². The number of carbonyl (C=O) groups excluding carboxylic acids is 1. The lowest BCUT2D eigenvalue weighted by molar-refractivity contribution is -0.160. The Morgan fingerprint density at radius 1 is 1.36 bits per heavy atom. The van der Waals surface area contributed by atoms with Crippen molar-refractivity contribution in [3.05, 3.63) is 35.6 Å². The van der Waals surface area contributed by atoms with Gasteiger partial charge in [0.1, 0.15) is 16.5 Å². The van der Waals surface area contributed by atoms with Crippen LogP contribution in [0.4, 0.5) is 22.0 Å². The highest BCUT2D eigenvalue weighted by Crippen LogP contribution is 2.48. The molecular formula is C13H14F5NO2S. The van der Waals surface area contributed by atoms with Gasteiger partial charge in [0.25, 0.3) is 6.43 Å². The molecule has 0 radical (unpaired) electrons. The second kappa shape index (κ2) is 6.93. The van der Waals surface area contributed by atoms with E-state index in [1.54, 1.807) is 0 Å². The third kappa shape index (κ3) is 3.26. The molecule has 0 saturated heterocycles. The molecule has 1 aromatic rings. The van der Waals surface area contributed by atoms with E-state index in [0.29, 0.717) is 0 Å². The van der Waals surface area contributed by atoms with E-state index in [-0.39, 0.29) is 0 Å². The van der Waals surface area contributed by atoms with Gasteiger partial charge in [0.2, 0.25) is 0 Å². The third-order valence-electron chi connectivity index (χ3n) is 3.48. The minimum absolute atomic E-state index is 0.734. The summed E-state index contributed by atoms with van der Waals surface area (Å²) in [6.45, 7) is 1.11. The van der Waals surface area contributed by atoms with E-state index in [1.165, 1.54) is 0 Å². The molecule has 0 aliphatic heterocycles. The highest BCUT2D eigenvalue weighted by Gasteiger charge is 2.63. The van der Waals surface area contributed by atoms with Gasteiger partial charge in [0.15, 0.2) is 6.29 Å². The molecule has 9 heteroatoms. The minimum atomic E-state index is -4.57. The largest absolute Gasteiger partial charge is 0.598 e. The Balaban J connectivity index is 3.61. The second-order valence-electron chi connectivity index (χ2n) is 4.84. The standard InChI is InChI=1S/C13H14F5NO2S/c1-8(22(19)21)6-12(11(15)16,13(17,18)7-20)9-4-2-3-5-10(9)14/h2-5,7-8,11H,6,19H2,1H3. The number of benzene rings is 1. The Hall–Kier alpha value is -1.19. The fraction of sp³-hybridized carbons (Fsp3) is 0.462. The van der Waals surface area contributed by atoms with Crippen molar-refractivity contribution in [1.82, 2.24) is 0 Å². The fourth-order valence-electron chi connectivity index (χ4n) is 2.24. The van der Waals surface area contributed by atoms with Crippen LogP contribution in [0, 0.1) is 5.82 Å². The third-order valence-corrected chi connectivity index (χ3v) is 4.44. The molecule has 0 bridgehead atoms. The molecule has 3 atom stereocenters. The number of aldehydes is 1. The number of alkyl halides is 4. The number of carbonyl (C=O) groups is 1. The summed E-state index contributed by atoms with van der Waals surface area (Å²) in [6.07, 6.45) is -5.85. The van der Waals surface area contributed by atoms with Crippen LogP contribution < -0.4 is 5.14 Å². The Bertz CT molecular complexity index is 529. The van der Waals surface area contributed by atoms with Crippen LogP contribution in [-0.4, -0.2) is 28.4 Å². The van der Waals surface area contributed by atoms with Crippen LogP contribution in [0.5, 0.6) is 0 Å². The highest BCUT2D eigenvalue weighted by atomic mass is 32.2. The first kappa shape index (κ1) is 18.9. The molecule has 0 aliphatic carbocycles. The molecule has 0 heterocycles. The van der Waals surface area contributed by atoms with Crippen molar-refractivity contribution in [3.8, 4) is 0 Å². The molecule has 22 heavy (non-hydrogen) atoms. The Morgan fingerprint density at radius 2 is 1.91 bits per heavy atom. The summed E-state index contributed by atoms with van der Waals surface area (Å²) in [5, 5.41) is 3.74. The summed E-state index contributed by atoms with van der Waals surface area (Å²) in [5.74, 6) is -5.88. The van der Waals surface area contributed by atoms with Crippen LogP contribution in [0.3, 0.4) is 0 Å². The molecule has 3 unspecified atom stereocenters. The Morgan fingerprint density at radius 3 is 2.32 bits per heavy atom. The number of hydrogen-bond donors (Lipinski definition) is 1. The molecule has 2 N–H and O–H groups in total. The van der Waals surface area contributed by atoms with Crippen molar-refractivity contribution in [2.45, 2.75) is 36.4 Å². The number of halogens is 5. The SMILES string of the molecule is CC(CC(c1ccccc1F)(C(F)F)C(F)(F)C=O)[S+](N)[O-]. The van der Waals surface area contributed by atoms with E-state index in [2.05, 4.69) is 0 Å². The first-order valence-corrected chi connectivity index (χ1v) is 7.40. The summed E-state index contributed by atoms with van der Waals surface area (Å²) >= 11 is -2.20. The lowest BCUT2D eigenvalue weighted by atomic mass is 9.71. The van der Waals surface area contributed by atoms with Gasteiger partial charge in [0, 0.05) is 23.3 Å². The lowest BCUT2D eigenvalue weighted by Crippen LogP contribution is -2.55. The van der Waals surface area contributed by atoms with E-state index in [4.69, 9.17) is 5.14 Å². The molecule has 0 aliphatic rings. The van der Waals surface area contributed by atoms with Gasteiger partial charge in [-0.2, -0.15) is 13.9 Å². The maximum atomic E-state index is 14.1. The first-order chi connectivity index (χ1) is 10.1. The quantitative estimate of drug-likeness (QED) is 0.470. The van der Waals surface area contributed by atoms with Gasteiger partial charge in [0.05, 0.1) is 0 Å². The molecule has 3 nitrogen and oxygen atoms in total. The molecule has 1 aromatic carbocycles. The lowest BCUT2D eigenvalue weighted by Gasteiger charge is -2.38. The zero-order valence-corrected chi connectivity index (χ0v) is 12.3. The van der Waals surface area contributed by atoms with Crippen LogP contribution in [0.1, 0.15) is 18.9 Å². The van der Waals surface area contributed by atoms with E-state index in [0.717, 1.165) is 31.2 Å². The minimum Gasteiger partial charge on any atom is -0.598 e. The highest BCUT2D eigenvalue weighted by molar-refractivity contribution is 7.89. The van der Waals surface area contributed by atoms with E-state index in [1.807, 2.05) is 0 Å². The topological polar surface area (TPSA) is 66.2 Å². The number of hydrogen-bond acceptors (Lipinski definition) is 3. The van der Waals surface area contributed by atoms with Crippen LogP contribution in [0.2, 0.25) is 0 Å². The predicted octanol–water partition coefficient (Wildman–Crippen LogP) is 2.56. The molecule has 0 saturated carbocycles. The number of nitrogens with two attached hydrogens (primary N) is 1. The Kier molecular flexibility index (Phi) is 5.94. The van der Waals surface area contributed by atoms with Crippen LogP contribution >= 0.6 is 0 Å². The summed E-state index contributed by atoms with van der Waals surface area (Å²) in [4.78, 5) is 10.7. The van der Waals surface area contributed by atoms with Crippen LogP contribution in [-0.2, 0) is 21.6 Å². The van der Waals surface area contributed by atoms with Crippen molar-refractivity contribution in [1.29, 1.82) is 0 Å². The van der Waals surface area contributed by atoms with E-state index in [9.17, 15) is 31.3 Å². The van der Waals surface area contributed by atoms with E-state index < -0.39 is 58.5 Å². The Labute approximate surface area is 127 Å². The van der Waals surface area contributed by atoms with Crippen molar-refractivity contribution < 1.29 is 31.3 Å². The summed E-state index contributed by atoms with van der Waals surface area (Å²) < 4.78 is 80.3. The smallest absolute Gasteiger partial charge is 0.317 e. The maximum Gasteiger partial charge on any atom is 0.317 e. The van der Waals surface area contributed by atoms with Crippen molar-refractivity contribution in [2.24, 2.45) is 5.14 Å². The fourth-order valence-corrected chi connectivity index (χ4v) is 2.67. The molecule has 124 valence electrons. The zero-order chi connectivity index (χ0) is 17.1. The molecule has 0 spiro atoms. The average Bonchev–Trinajstić information content (AvgIpc) is 2.44. The van der Waals surface area contributed by atoms with Crippen molar-refractivity contribution in [3.63, 3.8) is 0 Å². The molecular weight excluding hydrogens is 329 g/mol. The van der Waals surface area contributed by atoms with Gasteiger partial charge in [-0.3, -0.25) is 4.79 Å². The van der Waals surface area contributed by atoms with Gasteiger partial charge in [-0.15, -0.1) is 0 Å². The monoisotopic (exact) mass is 343 g/mol. The summed E-state index contributed by atoms with van der Waals surface area (Å²) in [5.41, 5.74) is -4.46. The van der Waals surface area contributed by atoms with Gasteiger partial charge in [-0.05, 0) is 13.0 Å². The molecule has 0 amide bonds. The second-order valence-corrected chi connectivity index (χ2v) is 6.30. The van der Waals surface area contributed by atoms with Gasteiger partial charge < -0.3 is 4.55 Å². The molecule has 0 fully saturated rings. The van der Waals surface area contributed by atoms with Crippen LogP contribution in [0.15, 0.2) is 24.3 Å². The van der Waals surface area contributed by atoms with E-state index >= 15 is 0 Å².